The van der Waals surface area contributed by atoms with Crippen LogP contribution in [0.1, 0.15) is 45.4 Å². The molecule has 0 aliphatic heterocycles. The van der Waals surface area contributed by atoms with Gasteiger partial charge in [-0.25, -0.2) is 0 Å². The van der Waals surface area contributed by atoms with Crippen LogP contribution in [0, 0.1) is 0 Å². The van der Waals surface area contributed by atoms with E-state index in [0.29, 0.717) is 6.54 Å². The first-order valence-corrected chi connectivity index (χ1v) is 7.42. The van der Waals surface area contributed by atoms with E-state index >= 15 is 0 Å². The minimum Gasteiger partial charge on any atom is -0.417 e. The Morgan fingerprint density at radius 2 is 1.90 bits per heavy atom. The van der Waals surface area contributed by atoms with Gasteiger partial charge in [-0.05, 0) is 44.9 Å². The van der Waals surface area contributed by atoms with Crippen LogP contribution in [0.3, 0.4) is 0 Å². The van der Waals surface area contributed by atoms with Crippen molar-refractivity contribution in [1.82, 2.24) is 10.3 Å². The largest absolute Gasteiger partial charge is 0.417 e. The monoisotopic (exact) mass is 288 g/mol. The molecular formula is C17H24N2O2. The minimum atomic E-state index is 0.0507. The number of benzene rings is 1. The van der Waals surface area contributed by atoms with E-state index in [1.165, 1.54) is 5.56 Å². The van der Waals surface area contributed by atoms with Gasteiger partial charge in [0.25, 0.3) is 0 Å². The predicted octanol–water partition coefficient (Wildman–Crippen LogP) is 4.31. The topological polar surface area (TPSA) is 47.3 Å². The van der Waals surface area contributed by atoms with Crippen LogP contribution in [0.15, 0.2) is 34.9 Å². The van der Waals surface area contributed by atoms with Gasteiger partial charge in [-0.1, -0.05) is 25.5 Å². The lowest BCUT2D eigenvalue weighted by Gasteiger charge is -2.19. The van der Waals surface area contributed by atoms with E-state index in [9.17, 15) is 0 Å². The first kappa shape index (κ1) is 15.6. The summed E-state index contributed by atoms with van der Waals surface area (Å²) in [5, 5.41) is 3.36. The molecule has 2 aromatic rings. The van der Waals surface area contributed by atoms with Gasteiger partial charge in [-0.2, -0.15) is 4.98 Å². The van der Waals surface area contributed by atoms with Gasteiger partial charge < -0.3 is 14.5 Å². The fourth-order valence-electron chi connectivity index (χ4n) is 1.89. The summed E-state index contributed by atoms with van der Waals surface area (Å²) in [6.45, 7) is 9.17. The first-order valence-electron chi connectivity index (χ1n) is 7.42. The third-order valence-corrected chi connectivity index (χ3v) is 3.00. The number of aromatic nitrogens is 1. The second-order valence-corrected chi connectivity index (χ2v) is 6.20. The fraction of sp³-hybridized carbons (Fsp3) is 0.471. The van der Waals surface area contributed by atoms with Crippen molar-refractivity contribution >= 4 is 0 Å². The molecule has 4 heteroatoms. The molecule has 114 valence electrons. The van der Waals surface area contributed by atoms with Crippen molar-refractivity contribution in [3.05, 3.63) is 41.8 Å². The second-order valence-electron chi connectivity index (χ2n) is 6.20. The Bertz CT molecular complexity index is 553. The van der Waals surface area contributed by atoms with Crippen LogP contribution >= 0.6 is 0 Å². The van der Waals surface area contributed by atoms with Gasteiger partial charge in [0, 0.05) is 12.1 Å². The number of hydrogen-bond donors (Lipinski definition) is 1. The normalized spacial score (nSPS) is 11.6. The van der Waals surface area contributed by atoms with Crippen LogP contribution in [0.5, 0.6) is 11.8 Å². The number of nitrogens with one attached hydrogen (secondary N) is 1. The zero-order chi connectivity index (χ0) is 15.3. The zero-order valence-electron chi connectivity index (χ0n) is 13.3. The smallest absolute Gasteiger partial charge is 0.399 e. The molecule has 0 spiro atoms. The number of nitrogens with zero attached hydrogens (tertiary/aromatic N) is 1. The third-order valence-electron chi connectivity index (χ3n) is 3.00. The van der Waals surface area contributed by atoms with Gasteiger partial charge >= 0.3 is 6.08 Å². The molecule has 0 atom stereocenters. The van der Waals surface area contributed by atoms with Gasteiger partial charge in [0.1, 0.15) is 12.0 Å². The summed E-state index contributed by atoms with van der Waals surface area (Å²) in [4.78, 5) is 4.32. The molecule has 0 saturated heterocycles. The van der Waals surface area contributed by atoms with Crippen molar-refractivity contribution in [1.29, 1.82) is 0 Å². The highest BCUT2D eigenvalue weighted by Gasteiger charge is 2.11. The molecule has 1 N–H and O–H groups in total. The maximum absolute atomic E-state index is 5.62. The van der Waals surface area contributed by atoms with E-state index in [4.69, 9.17) is 9.15 Å². The molecule has 0 saturated carbocycles. The Hall–Kier alpha value is -1.81. The molecule has 0 bridgehead atoms. The summed E-state index contributed by atoms with van der Waals surface area (Å²) in [5.74, 6) is 0.743. The molecule has 0 fully saturated rings. The van der Waals surface area contributed by atoms with E-state index in [-0.39, 0.29) is 11.6 Å². The molecule has 4 nitrogen and oxygen atoms in total. The molecule has 0 aliphatic rings. The Morgan fingerprint density at radius 1 is 1.19 bits per heavy atom. The predicted molar refractivity (Wildman–Crippen MR) is 83.6 cm³/mol. The maximum atomic E-state index is 5.62. The van der Waals surface area contributed by atoms with E-state index in [1.807, 2.05) is 12.1 Å². The van der Waals surface area contributed by atoms with Crippen molar-refractivity contribution in [3.8, 4) is 11.8 Å². The van der Waals surface area contributed by atoms with Crippen LogP contribution in [-0.2, 0) is 13.0 Å². The van der Waals surface area contributed by atoms with E-state index in [0.717, 1.165) is 24.3 Å². The molecule has 1 aromatic heterocycles. The number of hydrogen-bond acceptors (Lipinski definition) is 4. The Kier molecular flexibility index (Phi) is 5.02. The van der Waals surface area contributed by atoms with Crippen LogP contribution in [0.2, 0.25) is 0 Å². The quantitative estimate of drug-likeness (QED) is 0.860. The Balaban J connectivity index is 1.92. The Labute approximate surface area is 126 Å². The van der Waals surface area contributed by atoms with Gasteiger partial charge in [-0.3, -0.25) is 0 Å². The summed E-state index contributed by atoms with van der Waals surface area (Å²) in [7, 11) is 0. The molecule has 0 unspecified atom stereocenters. The lowest BCUT2D eigenvalue weighted by atomic mass is 10.1. The maximum Gasteiger partial charge on any atom is 0.399 e. The molecule has 1 aromatic carbocycles. The molecule has 2 rings (SSSR count). The van der Waals surface area contributed by atoms with Gasteiger partial charge in [0.2, 0.25) is 0 Å². The first-order chi connectivity index (χ1) is 9.96. The molecule has 0 amide bonds. The molecule has 0 radical (unpaired) electrons. The van der Waals surface area contributed by atoms with Crippen molar-refractivity contribution in [3.63, 3.8) is 0 Å². The van der Waals surface area contributed by atoms with Crippen LogP contribution in [0.25, 0.3) is 0 Å². The average molecular weight is 288 g/mol. The Morgan fingerprint density at radius 3 is 2.52 bits per heavy atom. The van der Waals surface area contributed by atoms with Crippen molar-refractivity contribution < 1.29 is 9.15 Å². The minimum absolute atomic E-state index is 0.0507. The lowest BCUT2D eigenvalue weighted by Crippen LogP contribution is -2.35. The summed E-state index contributed by atoms with van der Waals surface area (Å²) >= 11 is 0. The molecular weight excluding hydrogens is 264 g/mol. The van der Waals surface area contributed by atoms with Crippen LogP contribution in [-0.4, -0.2) is 10.5 Å². The summed E-state index contributed by atoms with van der Waals surface area (Å²) < 4.78 is 11.0. The van der Waals surface area contributed by atoms with E-state index in [2.05, 4.69) is 50.1 Å². The number of rotatable bonds is 6. The van der Waals surface area contributed by atoms with Crippen molar-refractivity contribution in [2.45, 2.75) is 52.6 Å². The summed E-state index contributed by atoms with van der Waals surface area (Å²) in [5.41, 5.74) is 2.20. The zero-order valence-corrected chi connectivity index (χ0v) is 13.3. The van der Waals surface area contributed by atoms with Crippen LogP contribution in [0.4, 0.5) is 0 Å². The number of aryl methyl sites for hydroxylation is 1. The van der Waals surface area contributed by atoms with Crippen LogP contribution < -0.4 is 10.1 Å². The van der Waals surface area contributed by atoms with Crippen molar-refractivity contribution in [2.75, 3.05) is 0 Å². The molecule has 1 heterocycles. The highest BCUT2D eigenvalue weighted by Crippen LogP contribution is 2.21. The van der Waals surface area contributed by atoms with Crippen molar-refractivity contribution in [2.24, 2.45) is 0 Å². The van der Waals surface area contributed by atoms with Gasteiger partial charge in [0.05, 0.1) is 5.69 Å². The molecule has 0 aliphatic carbocycles. The number of ether oxygens (including phenoxy) is 1. The highest BCUT2D eigenvalue weighted by atomic mass is 16.6. The van der Waals surface area contributed by atoms with Gasteiger partial charge in [-0.15, -0.1) is 0 Å². The standard InChI is InChI=1S/C17H24N2O2/c1-5-6-13-7-9-15(10-8-13)21-16-19-14(12-20-16)11-18-17(2,3)4/h7-10,12,18H,5-6,11H2,1-4H3. The van der Waals surface area contributed by atoms with E-state index < -0.39 is 0 Å². The molecule has 21 heavy (non-hydrogen) atoms. The third kappa shape index (κ3) is 5.23. The average Bonchev–Trinajstić information content (AvgIpc) is 2.86. The number of oxazole rings is 1. The summed E-state index contributed by atoms with van der Waals surface area (Å²) in [6.07, 6.45) is 4.13. The van der Waals surface area contributed by atoms with Gasteiger partial charge in [0.15, 0.2) is 0 Å². The highest BCUT2D eigenvalue weighted by molar-refractivity contribution is 5.29. The lowest BCUT2D eigenvalue weighted by molar-refractivity contribution is 0.330. The van der Waals surface area contributed by atoms with E-state index in [1.54, 1.807) is 6.26 Å². The SMILES string of the molecule is CCCc1ccc(Oc2nc(CNC(C)(C)C)co2)cc1. The second kappa shape index (κ2) is 6.76. The fourth-order valence-corrected chi connectivity index (χ4v) is 1.89. The summed E-state index contributed by atoms with van der Waals surface area (Å²) in [6, 6.07) is 8.04.